The Morgan fingerprint density at radius 3 is 2.66 bits per heavy atom. The second kappa shape index (κ2) is 6.96. The summed E-state index contributed by atoms with van der Waals surface area (Å²) in [6, 6.07) is 8.16. The maximum atomic E-state index is 11.3. The van der Waals surface area contributed by atoms with Crippen LogP contribution in [0, 0.1) is 0 Å². The van der Waals surface area contributed by atoms with Gasteiger partial charge in [-0.05, 0) is 61.9 Å². The SMILES string of the molecule is C=C(C)c1ncnc2c1ccn2[C@@H]1O[C@H]([C@H](O)c2ccc3c(c2)CC3)[C@H]2OC(C)(C)O[C@H]21. The van der Waals surface area contributed by atoms with E-state index in [2.05, 4.69) is 28.7 Å². The number of aliphatic hydroxyl groups excluding tert-OH is 1. The molecule has 166 valence electrons. The Balaban J connectivity index is 1.39. The molecule has 1 N–H and O–H groups in total. The lowest BCUT2D eigenvalue weighted by molar-refractivity contribution is -0.207. The van der Waals surface area contributed by atoms with Crippen molar-refractivity contribution in [3.63, 3.8) is 0 Å². The topological polar surface area (TPSA) is 78.6 Å². The Morgan fingerprint density at radius 1 is 1.16 bits per heavy atom. The van der Waals surface area contributed by atoms with Gasteiger partial charge in [0.25, 0.3) is 0 Å². The van der Waals surface area contributed by atoms with E-state index in [1.807, 2.05) is 43.7 Å². The average molecular weight is 434 g/mol. The van der Waals surface area contributed by atoms with Crippen LogP contribution in [0.2, 0.25) is 0 Å². The predicted octanol–water partition coefficient (Wildman–Crippen LogP) is 3.71. The van der Waals surface area contributed by atoms with Crippen LogP contribution >= 0.6 is 0 Å². The lowest BCUT2D eigenvalue weighted by atomic mass is 9.85. The van der Waals surface area contributed by atoms with Gasteiger partial charge in [-0.15, -0.1) is 0 Å². The molecule has 0 spiro atoms. The van der Waals surface area contributed by atoms with Crippen LogP contribution < -0.4 is 0 Å². The fraction of sp³-hybridized carbons (Fsp3) is 0.440. The Bertz CT molecular complexity index is 1230. The van der Waals surface area contributed by atoms with Crippen molar-refractivity contribution in [3.8, 4) is 0 Å². The molecule has 6 rings (SSSR count). The number of rotatable bonds is 4. The molecule has 0 radical (unpaired) electrons. The number of aliphatic hydroxyl groups is 1. The van der Waals surface area contributed by atoms with Crippen LogP contribution in [0.25, 0.3) is 16.6 Å². The molecule has 2 aromatic heterocycles. The lowest BCUT2D eigenvalue weighted by Crippen LogP contribution is -2.34. The molecule has 2 aliphatic heterocycles. The average Bonchev–Trinajstić information content (AvgIpc) is 3.38. The van der Waals surface area contributed by atoms with Gasteiger partial charge in [0.15, 0.2) is 12.0 Å². The van der Waals surface area contributed by atoms with Gasteiger partial charge in [-0.25, -0.2) is 9.97 Å². The second-order valence-corrected chi connectivity index (χ2v) is 9.49. The van der Waals surface area contributed by atoms with E-state index in [9.17, 15) is 5.11 Å². The first kappa shape index (κ1) is 20.1. The Hall–Kier alpha value is -2.58. The van der Waals surface area contributed by atoms with Gasteiger partial charge >= 0.3 is 0 Å². The van der Waals surface area contributed by atoms with E-state index in [1.165, 1.54) is 11.1 Å². The zero-order valence-electron chi connectivity index (χ0n) is 18.5. The normalized spacial score (nSPS) is 28.9. The third kappa shape index (κ3) is 2.96. The number of hydrogen-bond donors (Lipinski definition) is 1. The molecule has 3 aromatic rings. The predicted molar refractivity (Wildman–Crippen MR) is 119 cm³/mol. The van der Waals surface area contributed by atoms with Crippen LogP contribution in [0.4, 0.5) is 0 Å². The van der Waals surface area contributed by atoms with Crippen molar-refractivity contribution in [1.82, 2.24) is 14.5 Å². The van der Waals surface area contributed by atoms with Crippen molar-refractivity contribution in [2.75, 3.05) is 0 Å². The Kier molecular flexibility index (Phi) is 4.36. The first-order chi connectivity index (χ1) is 15.3. The standard InChI is InChI=1S/C25H27N3O4/c1-13(2)18-17-9-10-28(23(17)27-12-26-18)24-22-21(31-25(3,4)32-22)20(30-24)19(29)16-8-6-14-5-7-15(14)11-16/h6,8-12,19-22,24,29H,1,5,7H2,2-4H3/t19-,20-,21-,22-,24-/m1/s1. The highest BCUT2D eigenvalue weighted by molar-refractivity contribution is 5.87. The molecule has 0 unspecified atom stereocenters. The number of allylic oxidation sites excluding steroid dienone is 1. The minimum absolute atomic E-state index is 0.379. The van der Waals surface area contributed by atoms with Crippen molar-refractivity contribution >= 4 is 16.6 Å². The summed E-state index contributed by atoms with van der Waals surface area (Å²) >= 11 is 0. The third-order valence-corrected chi connectivity index (χ3v) is 6.80. The molecule has 3 aliphatic rings. The minimum Gasteiger partial charge on any atom is -0.386 e. The van der Waals surface area contributed by atoms with Crippen LogP contribution in [-0.4, -0.2) is 43.7 Å². The minimum atomic E-state index is -0.821. The molecule has 0 amide bonds. The molecule has 5 atom stereocenters. The molecular formula is C25H27N3O4. The van der Waals surface area contributed by atoms with Gasteiger partial charge in [-0.2, -0.15) is 0 Å². The molecule has 4 heterocycles. The zero-order valence-corrected chi connectivity index (χ0v) is 18.5. The van der Waals surface area contributed by atoms with Crippen molar-refractivity contribution in [2.45, 2.75) is 70.0 Å². The highest BCUT2D eigenvalue weighted by atomic mass is 16.8. The van der Waals surface area contributed by atoms with E-state index in [0.29, 0.717) is 0 Å². The first-order valence-electron chi connectivity index (χ1n) is 11.1. The monoisotopic (exact) mass is 433 g/mol. The van der Waals surface area contributed by atoms with Crippen LogP contribution in [-0.2, 0) is 27.1 Å². The number of fused-ring (bicyclic) bond motifs is 3. The van der Waals surface area contributed by atoms with Crippen molar-refractivity contribution in [3.05, 3.63) is 65.8 Å². The summed E-state index contributed by atoms with van der Waals surface area (Å²) in [5, 5.41) is 12.2. The van der Waals surface area contributed by atoms with E-state index < -0.39 is 30.3 Å². The van der Waals surface area contributed by atoms with E-state index >= 15 is 0 Å². The van der Waals surface area contributed by atoms with E-state index in [-0.39, 0.29) is 6.10 Å². The van der Waals surface area contributed by atoms with Crippen LogP contribution in [0.3, 0.4) is 0 Å². The summed E-state index contributed by atoms with van der Waals surface area (Å²) in [6.45, 7) is 9.75. The zero-order chi connectivity index (χ0) is 22.2. The summed E-state index contributed by atoms with van der Waals surface area (Å²) in [7, 11) is 0. The Morgan fingerprint density at radius 2 is 1.94 bits per heavy atom. The fourth-order valence-corrected chi connectivity index (χ4v) is 5.19. The largest absolute Gasteiger partial charge is 0.386 e. The highest BCUT2D eigenvalue weighted by Crippen LogP contribution is 2.47. The molecule has 1 aliphatic carbocycles. The van der Waals surface area contributed by atoms with Gasteiger partial charge in [0.2, 0.25) is 0 Å². The summed E-state index contributed by atoms with van der Waals surface area (Å²) in [4.78, 5) is 8.89. The molecule has 1 aromatic carbocycles. The van der Waals surface area contributed by atoms with E-state index in [4.69, 9.17) is 14.2 Å². The van der Waals surface area contributed by atoms with Gasteiger partial charge in [-0.3, -0.25) is 0 Å². The van der Waals surface area contributed by atoms with Crippen molar-refractivity contribution in [2.24, 2.45) is 0 Å². The quantitative estimate of drug-likeness (QED) is 0.676. The van der Waals surface area contributed by atoms with Crippen LogP contribution in [0.15, 0.2) is 43.4 Å². The third-order valence-electron chi connectivity index (χ3n) is 6.80. The maximum Gasteiger partial charge on any atom is 0.164 e. The number of nitrogens with zero attached hydrogens (tertiary/aromatic N) is 3. The molecule has 7 nitrogen and oxygen atoms in total. The number of hydrogen-bond acceptors (Lipinski definition) is 6. The Labute approximate surface area is 186 Å². The summed E-state index contributed by atoms with van der Waals surface area (Å²) in [6.07, 6.45) is 2.98. The van der Waals surface area contributed by atoms with Crippen molar-refractivity contribution in [1.29, 1.82) is 0 Å². The summed E-state index contributed by atoms with van der Waals surface area (Å²) in [5.41, 5.74) is 5.94. The fourth-order valence-electron chi connectivity index (χ4n) is 5.19. The molecule has 2 fully saturated rings. The number of aromatic nitrogens is 3. The molecular weight excluding hydrogens is 406 g/mol. The molecule has 0 bridgehead atoms. The molecule has 0 saturated carbocycles. The second-order valence-electron chi connectivity index (χ2n) is 9.49. The smallest absolute Gasteiger partial charge is 0.164 e. The van der Waals surface area contributed by atoms with Gasteiger partial charge < -0.3 is 23.9 Å². The van der Waals surface area contributed by atoms with E-state index in [0.717, 1.165) is 40.7 Å². The number of benzene rings is 1. The highest BCUT2D eigenvalue weighted by Gasteiger charge is 2.58. The van der Waals surface area contributed by atoms with Gasteiger partial charge in [0.05, 0.1) is 5.69 Å². The number of ether oxygens (including phenoxy) is 3. The summed E-state index contributed by atoms with van der Waals surface area (Å²) < 4.78 is 20.9. The molecule has 7 heteroatoms. The maximum absolute atomic E-state index is 11.3. The summed E-state index contributed by atoms with van der Waals surface area (Å²) in [5.74, 6) is -0.767. The molecule has 2 saturated heterocycles. The molecule has 32 heavy (non-hydrogen) atoms. The van der Waals surface area contributed by atoms with Crippen LogP contribution in [0.1, 0.15) is 55.5 Å². The van der Waals surface area contributed by atoms with Crippen molar-refractivity contribution < 1.29 is 19.3 Å². The van der Waals surface area contributed by atoms with E-state index in [1.54, 1.807) is 6.33 Å². The van der Waals surface area contributed by atoms with Gasteiger partial charge in [0, 0.05) is 11.6 Å². The number of aryl methyl sites for hydroxylation is 2. The van der Waals surface area contributed by atoms with Crippen LogP contribution in [0.5, 0.6) is 0 Å². The lowest BCUT2D eigenvalue weighted by Gasteiger charge is -2.28. The van der Waals surface area contributed by atoms with Gasteiger partial charge in [-0.1, -0.05) is 24.8 Å². The van der Waals surface area contributed by atoms with Gasteiger partial charge in [0.1, 0.15) is 36.4 Å². The first-order valence-corrected chi connectivity index (χ1v) is 11.1.